The third-order valence-electron chi connectivity index (χ3n) is 4.91. The molecule has 3 rings (SSSR count). The molecule has 0 saturated carbocycles. The van der Waals surface area contributed by atoms with E-state index in [9.17, 15) is 18.0 Å². The van der Waals surface area contributed by atoms with Crippen molar-refractivity contribution in [2.45, 2.75) is 25.7 Å². The SMILES string of the molecule is COc1ccc(NS(=O)(=O)c2ccc(C)c(C(=O)Nc3cc(NC(C)=O)ccc3C)c2)cc1. The van der Waals surface area contributed by atoms with Crippen LogP contribution in [0.15, 0.2) is 65.6 Å². The number of rotatable bonds is 7. The molecule has 3 N–H and O–H groups in total. The maximum absolute atomic E-state index is 13.0. The summed E-state index contributed by atoms with van der Waals surface area (Å²) in [7, 11) is -2.40. The average molecular weight is 468 g/mol. The number of nitrogens with one attached hydrogen (secondary N) is 3. The Labute approximate surface area is 193 Å². The number of methoxy groups -OCH3 is 1. The van der Waals surface area contributed by atoms with Crippen LogP contribution in [0.1, 0.15) is 28.4 Å². The number of ether oxygens (including phenoxy) is 1. The highest BCUT2D eigenvalue weighted by Gasteiger charge is 2.19. The van der Waals surface area contributed by atoms with Crippen molar-refractivity contribution in [3.63, 3.8) is 0 Å². The van der Waals surface area contributed by atoms with Crippen LogP contribution in [0, 0.1) is 13.8 Å². The first-order valence-corrected chi connectivity index (χ1v) is 11.5. The first kappa shape index (κ1) is 23.8. The van der Waals surface area contributed by atoms with E-state index in [-0.39, 0.29) is 16.4 Å². The van der Waals surface area contributed by atoms with Gasteiger partial charge in [0.25, 0.3) is 15.9 Å². The average Bonchev–Trinajstić information content (AvgIpc) is 2.76. The van der Waals surface area contributed by atoms with Gasteiger partial charge in [-0.1, -0.05) is 12.1 Å². The molecule has 0 aliphatic heterocycles. The van der Waals surface area contributed by atoms with Crippen LogP contribution in [0.4, 0.5) is 17.1 Å². The topological polar surface area (TPSA) is 114 Å². The van der Waals surface area contributed by atoms with Gasteiger partial charge in [-0.05, 0) is 73.5 Å². The molecule has 0 unspecified atom stereocenters. The van der Waals surface area contributed by atoms with Crippen LogP contribution in [0.25, 0.3) is 0 Å². The highest BCUT2D eigenvalue weighted by molar-refractivity contribution is 7.92. The van der Waals surface area contributed by atoms with Gasteiger partial charge in [-0.3, -0.25) is 14.3 Å². The van der Waals surface area contributed by atoms with E-state index in [2.05, 4.69) is 15.4 Å². The number of sulfonamides is 1. The Bertz CT molecular complexity index is 1300. The van der Waals surface area contributed by atoms with Crippen LogP contribution < -0.4 is 20.1 Å². The lowest BCUT2D eigenvalue weighted by Gasteiger charge is -2.14. The van der Waals surface area contributed by atoms with E-state index in [1.807, 2.05) is 6.92 Å². The van der Waals surface area contributed by atoms with Gasteiger partial charge in [0.05, 0.1) is 12.0 Å². The highest BCUT2D eigenvalue weighted by Crippen LogP contribution is 2.24. The third kappa shape index (κ3) is 5.89. The quantitative estimate of drug-likeness (QED) is 0.479. The Morgan fingerprint density at radius 2 is 1.45 bits per heavy atom. The number of carbonyl (C=O) groups is 2. The number of amides is 2. The minimum absolute atomic E-state index is 0.0437. The Kier molecular flexibility index (Phi) is 7.03. The van der Waals surface area contributed by atoms with E-state index in [4.69, 9.17) is 4.74 Å². The normalized spacial score (nSPS) is 10.9. The minimum atomic E-state index is -3.93. The minimum Gasteiger partial charge on any atom is -0.497 e. The fraction of sp³-hybridized carbons (Fsp3) is 0.167. The lowest BCUT2D eigenvalue weighted by molar-refractivity contribution is -0.114. The molecule has 3 aromatic carbocycles. The number of benzene rings is 3. The summed E-state index contributed by atoms with van der Waals surface area (Å²) in [4.78, 5) is 24.3. The van der Waals surface area contributed by atoms with E-state index >= 15 is 0 Å². The molecule has 3 aromatic rings. The molecule has 9 heteroatoms. The van der Waals surface area contributed by atoms with Crippen molar-refractivity contribution >= 4 is 38.9 Å². The van der Waals surface area contributed by atoms with Crippen LogP contribution in [0.2, 0.25) is 0 Å². The van der Waals surface area contributed by atoms with Gasteiger partial charge in [0.1, 0.15) is 5.75 Å². The summed E-state index contributed by atoms with van der Waals surface area (Å²) in [5.41, 5.74) is 3.05. The van der Waals surface area contributed by atoms with E-state index in [0.29, 0.717) is 28.4 Å². The van der Waals surface area contributed by atoms with E-state index < -0.39 is 15.9 Å². The standard InChI is InChI=1S/C24H25N3O5S/c1-15-6-12-21(33(30,31)27-18-8-10-20(32-4)11-9-18)14-22(15)24(29)26-23-13-19(25-17(3)28)7-5-16(23)2/h5-14,27H,1-4H3,(H,25,28)(H,26,29). The van der Waals surface area contributed by atoms with Gasteiger partial charge in [0.2, 0.25) is 5.91 Å². The number of hydrogen-bond donors (Lipinski definition) is 3. The summed E-state index contributed by atoms with van der Waals surface area (Å²) in [6.45, 7) is 4.94. The molecule has 0 bridgehead atoms. The van der Waals surface area contributed by atoms with Crippen molar-refractivity contribution in [1.29, 1.82) is 0 Å². The molecule has 172 valence electrons. The number of anilines is 3. The monoisotopic (exact) mass is 467 g/mol. The van der Waals surface area contributed by atoms with Gasteiger partial charge in [0, 0.05) is 29.5 Å². The summed E-state index contributed by atoms with van der Waals surface area (Å²) < 4.78 is 33.4. The molecule has 2 amide bonds. The molecule has 0 aliphatic rings. The molecule has 0 heterocycles. The molecule has 0 radical (unpaired) electrons. The summed E-state index contributed by atoms with van der Waals surface area (Å²) in [6.07, 6.45) is 0. The summed E-state index contributed by atoms with van der Waals surface area (Å²) >= 11 is 0. The Balaban J connectivity index is 1.86. The van der Waals surface area contributed by atoms with Gasteiger partial charge in [-0.15, -0.1) is 0 Å². The maximum Gasteiger partial charge on any atom is 0.261 e. The first-order chi connectivity index (χ1) is 15.6. The van der Waals surface area contributed by atoms with Gasteiger partial charge in [-0.2, -0.15) is 0 Å². The van der Waals surface area contributed by atoms with E-state index in [0.717, 1.165) is 5.56 Å². The molecule has 0 saturated heterocycles. The molecular weight excluding hydrogens is 442 g/mol. The first-order valence-electron chi connectivity index (χ1n) is 10.1. The molecule has 8 nitrogen and oxygen atoms in total. The fourth-order valence-corrected chi connectivity index (χ4v) is 4.20. The second-order valence-electron chi connectivity index (χ2n) is 7.48. The summed E-state index contributed by atoms with van der Waals surface area (Å²) in [5, 5.41) is 5.47. The van der Waals surface area contributed by atoms with Crippen molar-refractivity contribution in [1.82, 2.24) is 0 Å². The van der Waals surface area contributed by atoms with E-state index in [1.165, 1.54) is 26.2 Å². The molecule has 0 aromatic heterocycles. The van der Waals surface area contributed by atoms with Gasteiger partial charge >= 0.3 is 0 Å². The van der Waals surface area contributed by atoms with Crippen LogP contribution in [-0.4, -0.2) is 27.3 Å². The van der Waals surface area contributed by atoms with Crippen molar-refractivity contribution in [3.8, 4) is 5.75 Å². The maximum atomic E-state index is 13.0. The molecule has 33 heavy (non-hydrogen) atoms. The van der Waals surface area contributed by atoms with Gasteiger partial charge < -0.3 is 15.4 Å². The number of carbonyl (C=O) groups excluding carboxylic acids is 2. The highest BCUT2D eigenvalue weighted by atomic mass is 32.2. The van der Waals surface area contributed by atoms with E-state index in [1.54, 1.807) is 55.5 Å². The van der Waals surface area contributed by atoms with Crippen molar-refractivity contribution < 1.29 is 22.7 Å². The molecule has 0 spiro atoms. The Hall–Kier alpha value is -3.85. The second kappa shape index (κ2) is 9.74. The largest absolute Gasteiger partial charge is 0.497 e. The van der Waals surface area contributed by atoms with Crippen LogP contribution in [0.3, 0.4) is 0 Å². The Morgan fingerprint density at radius 1 is 0.818 bits per heavy atom. The zero-order chi connectivity index (χ0) is 24.2. The van der Waals surface area contributed by atoms with Gasteiger partial charge in [0.15, 0.2) is 0 Å². The molecular formula is C24H25N3O5S. The third-order valence-corrected chi connectivity index (χ3v) is 6.29. The number of hydrogen-bond acceptors (Lipinski definition) is 5. The molecule has 0 aliphatic carbocycles. The predicted molar refractivity (Wildman–Crippen MR) is 128 cm³/mol. The van der Waals surface area contributed by atoms with Crippen LogP contribution in [-0.2, 0) is 14.8 Å². The smallest absolute Gasteiger partial charge is 0.261 e. The van der Waals surface area contributed by atoms with Crippen molar-refractivity contribution in [3.05, 3.63) is 77.4 Å². The lowest BCUT2D eigenvalue weighted by Crippen LogP contribution is -2.17. The zero-order valence-corrected chi connectivity index (χ0v) is 19.5. The predicted octanol–water partition coefficient (Wildman–Crippen LogP) is 4.32. The van der Waals surface area contributed by atoms with Crippen molar-refractivity contribution in [2.75, 3.05) is 22.5 Å². The van der Waals surface area contributed by atoms with Crippen LogP contribution >= 0.6 is 0 Å². The van der Waals surface area contributed by atoms with Crippen molar-refractivity contribution in [2.24, 2.45) is 0 Å². The number of aryl methyl sites for hydroxylation is 2. The Morgan fingerprint density at radius 3 is 2.09 bits per heavy atom. The molecule has 0 atom stereocenters. The second-order valence-corrected chi connectivity index (χ2v) is 9.16. The molecule has 0 fully saturated rings. The zero-order valence-electron chi connectivity index (χ0n) is 18.7. The lowest BCUT2D eigenvalue weighted by atomic mass is 10.1. The fourth-order valence-electron chi connectivity index (χ4n) is 3.11. The summed E-state index contributed by atoms with van der Waals surface area (Å²) in [6, 6.07) is 16.0. The summed E-state index contributed by atoms with van der Waals surface area (Å²) in [5.74, 6) is -0.0866. The van der Waals surface area contributed by atoms with Gasteiger partial charge in [-0.25, -0.2) is 8.42 Å². The van der Waals surface area contributed by atoms with Crippen LogP contribution in [0.5, 0.6) is 5.75 Å².